The number of hydrogen-bond acceptors (Lipinski definition) is 4. The number of anilines is 2. The molecule has 5 nitrogen and oxygen atoms in total. The van der Waals surface area contributed by atoms with Gasteiger partial charge in [-0.25, -0.2) is 4.98 Å². The minimum Gasteiger partial charge on any atom is -0.320 e. The Morgan fingerprint density at radius 2 is 1.96 bits per heavy atom. The number of aryl methyl sites for hydroxylation is 1. The second kappa shape index (κ2) is 6.43. The molecule has 0 saturated heterocycles. The van der Waals surface area contributed by atoms with Gasteiger partial charge >= 0.3 is 0 Å². The van der Waals surface area contributed by atoms with Crippen molar-refractivity contribution in [3.63, 3.8) is 0 Å². The highest BCUT2D eigenvalue weighted by molar-refractivity contribution is 7.17. The van der Waals surface area contributed by atoms with Gasteiger partial charge in [-0.1, -0.05) is 35.1 Å². The summed E-state index contributed by atoms with van der Waals surface area (Å²) in [5.74, 6) is -0.670. The lowest BCUT2D eigenvalue weighted by Gasteiger charge is -2.10. The highest BCUT2D eigenvalue weighted by atomic mass is 35.5. The van der Waals surface area contributed by atoms with E-state index in [2.05, 4.69) is 15.6 Å². The SMILES string of the molecule is Cc1cccc(Cl)c1NC(=O)c1cnc(NC(=O)C2(C)CC2(Cl)Cl)s1. The van der Waals surface area contributed by atoms with Gasteiger partial charge in [-0.2, -0.15) is 0 Å². The van der Waals surface area contributed by atoms with Crippen LogP contribution >= 0.6 is 46.1 Å². The van der Waals surface area contributed by atoms with Gasteiger partial charge in [0.25, 0.3) is 5.91 Å². The number of thiazole rings is 1. The summed E-state index contributed by atoms with van der Waals surface area (Å²) < 4.78 is -1.06. The number of benzene rings is 1. The maximum Gasteiger partial charge on any atom is 0.267 e. The quantitative estimate of drug-likeness (QED) is 0.695. The number of amides is 2. The van der Waals surface area contributed by atoms with Gasteiger partial charge in [-0.3, -0.25) is 9.59 Å². The van der Waals surface area contributed by atoms with Crippen molar-refractivity contribution in [2.24, 2.45) is 5.41 Å². The Morgan fingerprint density at radius 1 is 1.28 bits per heavy atom. The Bertz CT molecular complexity index is 848. The minimum atomic E-state index is -1.06. The Kier molecular flexibility index (Phi) is 4.75. The van der Waals surface area contributed by atoms with Gasteiger partial charge in [0.2, 0.25) is 5.91 Å². The fraction of sp³-hybridized carbons (Fsp3) is 0.312. The van der Waals surface area contributed by atoms with Crippen LogP contribution in [0.3, 0.4) is 0 Å². The first-order valence-corrected chi connectivity index (χ1v) is 9.31. The van der Waals surface area contributed by atoms with E-state index in [-0.39, 0.29) is 11.8 Å². The lowest BCUT2D eigenvalue weighted by Crippen LogP contribution is -2.25. The average molecular weight is 419 g/mol. The van der Waals surface area contributed by atoms with Gasteiger partial charge in [0.15, 0.2) is 5.13 Å². The topological polar surface area (TPSA) is 71.1 Å². The number of para-hydroxylation sites is 1. The average Bonchev–Trinajstić information content (AvgIpc) is 2.86. The molecule has 1 saturated carbocycles. The van der Waals surface area contributed by atoms with Crippen LogP contribution in [0.4, 0.5) is 10.8 Å². The van der Waals surface area contributed by atoms with Crippen LogP contribution in [0.1, 0.15) is 28.6 Å². The van der Waals surface area contributed by atoms with Gasteiger partial charge in [-0.15, -0.1) is 23.2 Å². The molecule has 1 aliphatic rings. The number of carbonyl (C=O) groups excluding carboxylic acids is 2. The lowest BCUT2D eigenvalue weighted by atomic mass is 10.1. The van der Waals surface area contributed by atoms with Gasteiger partial charge < -0.3 is 10.6 Å². The number of hydrogen-bond donors (Lipinski definition) is 2. The lowest BCUT2D eigenvalue weighted by molar-refractivity contribution is -0.120. The fourth-order valence-corrected chi connectivity index (χ4v) is 3.97. The number of rotatable bonds is 4. The molecule has 1 aromatic heterocycles. The highest BCUT2D eigenvalue weighted by Gasteiger charge is 2.68. The fourth-order valence-electron chi connectivity index (χ4n) is 2.28. The number of nitrogens with one attached hydrogen (secondary N) is 2. The molecule has 1 atom stereocenters. The molecule has 132 valence electrons. The normalized spacial score (nSPS) is 20.8. The molecule has 1 aliphatic carbocycles. The van der Waals surface area contributed by atoms with Crippen molar-refractivity contribution >= 4 is 68.8 Å². The predicted octanol–water partition coefficient (Wildman–Crippen LogP) is 4.88. The third-order valence-electron chi connectivity index (χ3n) is 4.17. The molecule has 25 heavy (non-hydrogen) atoms. The summed E-state index contributed by atoms with van der Waals surface area (Å²) in [6, 6.07) is 5.35. The van der Waals surface area contributed by atoms with Crippen molar-refractivity contribution in [1.82, 2.24) is 4.98 Å². The van der Waals surface area contributed by atoms with Crippen LogP contribution < -0.4 is 10.6 Å². The molecule has 1 unspecified atom stereocenters. The van der Waals surface area contributed by atoms with E-state index in [1.807, 2.05) is 13.0 Å². The van der Waals surface area contributed by atoms with Crippen molar-refractivity contribution < 1.29 is 9.59 Å². The monoisotopic (exact) mass is 417 g/mol. The molecule has 2 N–H and O–H groups in total. The van der Waals surface area contributed by atoms with Crippen LogP contribution in [-0.4, -0.2) is 21.1 Å². The summed E-state index contributed by atoms with van der Waals surface area (Å²) in [6.45, 7) is 3.53. The van der Waals surface area contributed by atoms with Gasteiger partial charge in [-0.05, 0) is 31.9 Å². The zero-order chi connectivity index (χ0) is 18.4. The standard InChI is InChI=1S/C16H14Cl3N3O2S/c1-8-4-3-5-9(17)11(8)21-12(23)10-6-20-14(25-10)22-13(24)15(2)7-16(15,18)19/h3-6H,7H2,1-2H3,(H,21,23)(H,20,22,24). The van der Waals surface area contributed by atoms with Crippen molar-refractivity contribution in [2.75, 3.05) is 10.6 Å². The van der Waals surface area contributed by atoms with Crippen LogP contribution in [0.25, 0.3) is 0 Å². The Morgan fingerprint density at radius 3 is 2.56 bits per heavy atom. The third-order valence-corrected chi connectivity index (χ3v) is 6.50. The zero-order valence-electron chi connectivity index (χ0n) is 13.3. The molecule has 2 aromatic rings. The van der Waals surface area contributed by atoms with Crippen molar-refractivity contribution in [3.8, 4) is 0 Å². The molecular formula is C16H14Cl3N3O2S. The second-order valence-corrected chi connectivity index (χ2v) is 9.00. The van der Waals surface area contributed by atoms with Crippen molar-refractivity contribution in [1.29, 1.82) is 0 Å². The molecule has 2 amide bonds. The van der Waals surface area contributed by atoms with Crippen molar-refractivity contribution in [2.45, 2.75) is 24.6 Å². The first-order chi connectivity index (χ1) is 11.6. The van der Waals surface area contributed by atoms with E-state index in [0.717, 1.165) is 16.9 Å². The summed E-state index contributed by atoms with van der Waals surface area (Å²) in [4.78, 5) is 29.0. The smallest absolute Gasteiger partial charge is 0.267 e. The Balaban J connectivity index is 1.69. The number of carbonyl (C=O) groups is 2. The van der Waals surface area contributed by atoms with Crippen LogP contribution in [0.5, 0.6) is 0 Å². The summed E-state index contributed by atoms with van der Waals surface area (Å²) >= 11 is 19.2. The number of halogens is 3. The molecule has 1 heterocycles. The summed E-state index contributed by atoms with van der Waals surface area (Å²) in [5.41, 5.74) is 0.549. The Hall–Kier alpha value is -1.34. The van der Waals surface area contributed by atoms with Crippen LogP contribution in [0, 0.1) is 12.3 Å². The van der Waals surface area contributed by atoms with Crippen LogP contribution in [0.15, 0.2) is 24.4 Å². The van der Waals surface area contributed by atoms with E-state index in [1.165, 1.54) is 6.20 Å². The summed E-state index contributed by atoms with van der Waals surface area (Å²) in [5, 5.41) is 6.18. The number of aromatic nitrogens is 1. The number of alkyl halides is 2. The van der Waals surface area contributed by atoms with E-state index in [1.54, 1.807) is 19.1 Å². The van der Waals surface area contributed by atoms with Crippen LogP contribution in [0.2, 0.25) is 5.02 Å². The first kappa shape index (κ1) is 18.5. The summed E-state index contributed by atoms with van der Waals surface area (Å²) in [7, 11) is 0. The van der Waals surface area contributed by atoms with Gasteiger partial charge in [0, 0.05) is 0 Å². The maximum atomic E-state index is 12.4. The van der Waals surface area contributed by atoms with Crippen molar-refractivity contribution in [3.05, 3.63) is 39.9 Å². The summed E-state index contributed by atoms with van der Waals surface area (Å²) in [6.07, 6.45) is 1.77. The van der Waals surface area contributed by atoms with Crippen LogP contribution in [-0.2, 0) is 4.79 Å². The zero-order valence-corrected chi connectivity index (χ0v) is 16.4. The van der Waals surface area contributed by atoms with E-state index >= 15 is 0 Å². The maximum absolute atomic E-state index is 12.4. The molecule has 0 radical (unpaired) electrons. The molecule has 9 heteroatoms. The second-order valence-electron chi connectivity index (χ2n) is 6.08. The predicted molar refractivity (Wildman–Crippen MR) is 102 cm³/mol. The molecule has 3 rings (SSSR count). The number of nitrogens with zero attached hydrogens (tertiary/aromatic N) is 1. The largest absolute Gasteiger partial charge is 0.320 e. The highest BCUT2D eigenvalue weighted by Crippen LogP contribution is 2.64. The van der Waals surface area contributed by atoms with E-state index in [0.29, 0.717) is 27.1 Å². The molecule has 1 aromatic carbocycles. The molecule has 0 aliphatic heterocycles. The minimum absolute atomic E-state index is 0.309. The molecule has 1 fully saturated rings. The molecular weight excluding hydrogens is 405 g/mol. The van der Waals surface area contributed by atoms with E-state index < -0.39 is 9.75 Å². The van der Waals surface area contributed by atoms with Gasteiger partial charge in [0.1, 0.15) is 9.21 Å². The van der Waals surface area contributed by atoms with E-state index in [9.17, 15) is 9.59 Å². The molecule has 0 spiro atoms. The van der Waals surface area contributed by atoms with Gasteiger partial charge in [0.05, 0.1) is 22.3 Å². The molecule has 0 bridgehead atoms. The third kappa shape index (κ3) is 3.49. The van der Waals surface area contributed by atoms with E-state index in [4.69, 9.17) is 34.8 Å². The Labute approximate surface area is 163 Å². The first-order valence-electron chi connectivity index (χ1n) is 7.36.